The maximum Gasteiger partial charge on any atom is 0.324 e. The molecule has 2 rings (SSSR count). The van der Waals surface area contributed by atoms with Gasteiger partial charge in [0.05, 0.1) is 32.7 Å². The number of aliphatic imine (C=N–C) groups is 1. The second-order valence-electron chi connectivity index (χ2n) is 4.81. The van der Waals surface area contributed by atoms with Crippen molar-refractivity contribution in [3.05, 3.63) is 42.5 Å². The van der Waals surface area contributed by atoms with Crippen LogP contribution in [0.1, 0.15) is 13.3 Å². The van der Waals surface area contributed by atoms with Crippen molar-refractivity contribution in [3.63, 3.8) is 0 Å². The van der Waals surface area contributed by atoms with E-state index in [1.807, 2.05) is 0 Å². The first-order chi connectivity index (χ1) is 11.1. The highest BCUT2D eigenvalue weighted by atomic mass is 16.6. The SMILES string of the molecule is CC1=NCCCN1C.O=[N+]([O-])c1cc([N+](=O)[O-])c(O)c([N+](=O)[O-])c1. The fourth-order valence-electron chi connectivity index (χ4n) is 1.80. The van der Waals surface area contributed by atoms with Gasteiger partial charge < -0.3 is 10.0 Å². The monoisotopic (exact) mass is 341 g/mol. The largest absolute Gasteiger partial charge is 0.497 e. The summed E-state index contributed by atoms with van der Waals surface area (Å²) in [4.78, 5) is 34.2. The third-order valence-electron chi connectivity index (χ3n) is 3.20. The van der Waals surface area contributed by atoms with Crippen molar-refractivity contribution in [2.45, 2.75) is 13.3 Å². The van der Waals surface area contributed by atoms with Gasteiger partial charge in [0.1, 0.15) is 0 Å². The second-order valence-corrected chi connectivity index (χ2v) is 4.81. The van der Waals surface area contributed by atoms with Crippen LogP contribution in [-0.4, -0.2) is 50.7 Å². The van der Waals surface area contributed by atoms with Crippen molar-refractivity contribution in [1.29, 1.82) is 0 Å². The molecule has 0 radical (unpaired) electrons. The zero-order valence-corrected chi connectivity index (χ0v) is 12.9. The second kappa shape index (κ2) is 7.80. The van der Waals surface area contributed by atoms with E-state index in [0.29, 0.717) is 12.1 Å². The molecule has 0 saturated carbocycles. The minimum atomic E-state index is -1.21. The number of phenolic OH excluding ortho intramolecular Hbond substituents is 1. The van der Waals surface area contributed by atoms with Crippen LogP contribution in [0, 0.1) is 30.3 Å². The first kappa shape index (κ1) is 18.7. The van der Waals surface area contributed by atoms with Gasteiger partial charge in [-0.1, -0.05) is 0 Å². The van der Waals surface area contributed by atoms with E-state index in [-0.39, 0.29) is 0 Å². The van der Waals surface area contributed by atoms with Gasteiger partial charge >= 0.3 is 11.4 Å². The molecule has 24 heavy (non-hydrogen) atoms. The van der Waals surface area contributed by atoms with E-state index < -0.39 is 37.6 Å². The molecule has 12 heteroatoms. The maximum absolute atomic E-state index is 10.4. The summed E-state index contributed by atoms with van der Waals surface area (Å²) in [6.45, 7) is 4.25. The summed E-state index contributed by atoms with van der Waals surface area (Å²) in [7, 11) is 2.08. The number of hydrogen-bond acceptors (Lipinski definition) is 9. The highest BCUT2D eigenvalue weighted by Crippen LogP contribution is 2.38. The third kappa shape index (κ3) is 4.59. The number of non-ortho nitro benzene ring substituents is 1. The minimum absolute atomic E-state index is 0.447. The normalized spacial score (nSPS) is 13.4. The molecular weight excluding hydrogens is 326 g/mol. The molecule has 0 unspecified atom stereocenters. The molecule has 0 bridgehead atoms. The summed E-state index contributed by atoms with van der Waals surface area (Å²) in [5.41, 5.74) is -3.00. The zero-order valence-electron chi connectivity index (χ0n) is 12.9. The van der Waals surface area contributed by atoms with Gasteiger partial charge in [0.25, 0.3) is 11.4 Å². The van der Waals surface area contributed by atoms with Crippen molar-refractivity contribution < 1.29 is 19.9 Å². The topological polar surface area (TPSA) is 165 Å². The molecular formula is C12H15N5O7. The van der Waals surface area contributed by atoms with Crippen molar-refractivity contribution in [2.75, 3.05) is 20.1 Å². The van der Waals surface area contributed by atoms with Gasteiger partial charge in [-0.25, -0.2) is 0 Å². The number of nitro benzene ring substituents is 3. The van der Waals surface area contributed by atoms with Gasteiger partial charge in [-0.3, -0.25) is 35.3 Å². The Labute approximate surface area is 135 Å². The van der Waals surface area contributed by atoms with E-state index >= 15 is 0 Å². The van der Waals surface area contributed by atoms with Gasteiger partial charge in [-0.05, 0) is 13.3 Å². The van der Waals surface area contributed by atoms with Crippen molar-refractivity contribution in [3.8, 4) is 5.75 Å². The number of rotatable bonds is 3. The molecule has 0 atom stereocenters. The molecule has 12 nitrogen and oxygen atoms in total. The Kier molecular flexibility index (Phi) is 6.09. The summed E-state index contributed by atoms with van der Waals surface area (Å²) in [5, 5.41) is 40.2. The van der Waals surface area contributed by atoms with Crippen LogP contribution >= 0.6 is 0 Å². The predicted molar refractivity (Wildman–Crippen MR) is 83.3 cm³/mol. The number of nitrogens with zero attached hydrogens (tertiary/aromatic N) is 5. The molecule has 1 aromatic rings. The van der Waals surface area contributed by atoms with Crippen LogP contribution in [0.4, 0.5) is 17.1 Å². The molecule has 1 aliphatic rings. The van der Waals surface area contributed by atoms with Crippen LogP contribution < -0.4 is 0 Å². The fraction of sp³-hybridized carbons (Fsp3) is 0.417. The smallest absolute Gasteiger partial charge is 0.324 e. The standard InChI is InChI=1S/C6H3N3O7.C6H12N2/c10-6-4(8(13)14)1-3(7(11)12)2-5(6)9(15)16;1-6-7-4-3-5-8(6)2/h1-2,10H;3-5H2,1-2H3. The third-order valence-corrected chi connectivity index (χ3v) is 3.20. The summed E-state index contributed by atoms with van der Waals surface area (Å²) in [5.74, 6) is -0.0307. The van der Waals surface area contributed by atoms with Gasteiger partial charge in [-0.2, -0.15) is 0 Å². The van der Waals surface area contributed by atoms with Crippen LogP contribution in [0.5, 0.6) is 5.75 Å². The Hall–Kier alpha value is -3.31. The first-order valence-corrected chi connectivity index (χ1v) is 6.67. The number of amidine groups is 1. The number of aromatic hydroxyl groups is 1. The lowest BCUT2D eigenvalue weighted by Crippen LogP contribution is -2.29. The van der Waals surface area contributed by atoms with E-state index in [4.69, 9.17) is 5.11 Å². The molecule has 0 amide bonds. The lowest BCUT2D eigenvalue weighted by Gasteiger charge is -2.21. The number of nitro groups is 3. The van der Waals surface area contributed by atoms with E-state index in [0.717, 1.165) is 6.54 Å². The molecule has 0 spiro atoms. The average molecular weight is 341 g/mol. The molecule has 0 aromatic heterocycles. The van der Waals surface area contributed by atoms with Crippen LogP contribution in [0.3, 0.4) is 0 Å². The Morgan fingerprint density at radius 2 is 1.58 bits per heavy atom. The predicted octanol–water partition coefficient (Wildman–Crippen LogP) is 1.86. The van der Waals surface area contributed by atoms with Crippen molar-refractivity contribution in [2.24, 2.45) is 4.99 Å². The molecule has 130 valence electrons. The number of phenols is 1. The highest BCUT2D eigenvalue weighted by Gasteiger charge is 2.30. The van der Waals surface area contributed by atoms with Crippen LogP contribution in [0.25, 0.3) is 0 Å². The molecule has 0 aliphatic carbocycles. The van der Waals surface area contributed by atoms with E-state index in [2.05, 4.69) is 23.9 Å². The summed E-state index contributed by atoms with van der Waals surface area (Å²) in [6, 6.07) is 0.894. The lowest BCUT2D eigenvalue weighted by atomic mass is 10.2. The average Bonchev–Trinajstić information content (AvgIpc) is 2.50. The fourth-order valence-corrected chi connectivity index (χ4v) is 1.80. The van der Waals surface area contributed by atoms with Gasteiger partial charge in [0.2, 0.25) is 0 Å². The van der Waals surface area contributed by atoms with Crippen LogP contribution in [0.2, 0.25) is 0 Å². The van der Waals surface area contributed by atoms with Crippen molar-refractivity contribution >= 4 is 22.9 Å². The highest BCUT2D eigenvalue weighted by molar-refractivity contribution is 5.79. The van der Waals surface area contributed by atoms with Crippen LogP contribution in [-0.2, 0) is 0 Å². The summed E-state index contributed by atoms with van der Waals surface area (Å²) >= 11 is 0. The van der Waals surface area contributed by atoms with Gasteiger partial charge in [0.15, 0.2) is 0 Å². The van der Waals surface area contributed by atoms with E-state index in [9.17, 15) is 30.3 Å². The van der Waals surface area contributed by atoms with Crippen molar-refractivity contribution in [1.82, 2.24) is 4.90 Å². The zero-order chi connectivity index (χ0) is 18.4. The molecule has 0 fully saturated rings. The van der Waals surface area contributed by atoms with Crippen LogP contribution in [0.15, 0.2) is 17.1 Å². The Morgan fingerprint density at radius 3 is 1.88 bits per heavy atom. The van der Waals surface area contributed by atoms with Gasteiger partial charge in [-0.15, -0.1) is 0 Å². The number of benzene rings is 1. The summed E-state index contributed by atoms with van der Waals surface area (Å²) < 4.78 is 0. The molecule has 1 aliphatic heterocycles. The Bertz CT molecular complexity index is 668. The minimum Gasteiger partial charge on any atom is -0.497 e. The maximum atomic E-state index is 10.4. The molecule has 1 N–H and O–H groups in total. The lowest BCUT2D eigenvalue weighted by molar-refractivity contribution is -0.404. The molecule has 0 saturated heterocycles. The molecule has 1 heterocycles. The Balaban J connectivity index is 0.000000300. The quantitative estimate of drug-likeness (QED) is 0.642. The van der Waals surface area contributed by atoms with E-state index in [1.54, 1.807) is 0 Å². The molecule has 1 aromatic carbocycles. The summed E-state index contributed by atoms with van der Waals surface area (Å²) in [6.07, 6.45) is 1.22. The number of hydrogen-bond donors (Lipinski definition) is 1. The van der Waals surface area contributed by atoms with E-state index in [1.165, 1.54) is 18.8 Å². The van der Waals surface area contributed by atoms with Gasteiger partial charge in [0, 0.05) is 20.1 Å². The Morgan fingerprint density at radius 1 is 1.08 bits per heavy atom. The first-order valence-electron chi connectivity index (χ1n) is 6.67.